The van der Waals surface area contributed by atoms with E-state index in [1.807, 2.05) is 32.9 Å². The highest BCUT2D eigenvalue weighted by Crippen LogP contribution is 2.23. The Hall–Kier alpha value is -0.840. The van der Waals surface area contributed by atoms with Crippen molar-refractivity contribution in [2.45, 2.75) is 32.9 Å². The zero-order valence-electron chi connectivity index (χ0n) is 11.7. The molecule has 0 aliphatic carbocycles. The Kier molecular flexibility index (Phi) is 6.04. The molecule has 5 heteroatoms. The SMILES string of the molecule is C=CCN(Cc1ccc(Cl)s1)C(=O)C(C)(C)NCC. The smallest absolute Gasteiger partial charge is 0.242 e. The minimum atomic E-state index is -0.571. The van der Waals surface area contributed by atoms with E-state index in [1.165, 1.54) is 11.3 Å². The molecular weight excluding hydrogens is 280 g/mol. The van der Waals surface area contributed by atoms with E-state index < -0.39 is 5.54 Å². The quantitative estimate of drug-likeness (QED) is 0.784. The maximum Gasteiger partial charge on any atom is 0.242 e. The lowest BCUT2D eigenvalue weighted by atomic mass is 10.0. The first kappa shape index (κ1) is 16.2. The molecule has 0 radical (unpaired) electrons. The molecule has 0 bridgehead atoms. The number of likely N-dealkylation sites (N-methyl/N-ethyl adjacent to an activating group) is 1. The molecule has 0 aliphatic rings. The third-order valence-electron chi connectivity index (χ3n) is 2.77. The summed E-state index contributed by atoms with van der Waals surface area (Å²) >= 11 is 7.42. The summed E-state index contributed by atoms with van der Waals surface area (Å²) in [5.74, 6) is 0.0683. The molecule has 1 rings (SSSR count). The fourth-order valence-corrected chi connectivity index (χ4v) is 3.02. The van der Waals surface area contributed by atoms with E-state index in [9.17, 15) is 4.79 Å². The molecule has 3 nitrogen and oxygen atoms in total. The highest BCUT2D eigenvalue weighted by atomic mass is 35.5. The zero-order chi connectivity index (χ0) is 14.5. The largest absolute Gasteiger partial charge is 0.332 e. The predicted molar refractivity (Wildman–Crippen MR) is 82.7 cm³/mol. The number of carbonyl (C=O) groups excluding carboxylic acids is 1. The molecule has 1 aromatic heterocycles. The van der Waals surface area contributed by atoms with Crippen molar-refractivity contribution < 1.29 is 4.79 Å². The molecule has 0 saturated carbocycles. The molecule has 1 amide bonds. The van der Waals surface area contributed by atoms with Crippen LogP contribution in [0.1, 0.15) is 25.6 Å². The van der Waals surface area contributed by atoms with Crippen molar-refractivity contribution in [3.63, 3.8) is 0 Å². The summed E-state index contributed by atoms with van der Waals surface area (Å²) in [5, 5.41) is 3.20. The summed E-state index contributed by atoms with van der Waals surface area (Å²) in [6, 6.07) is 3.81. The lowest BCUT2D eigenvalue weighted by Crippen LogP contribution is -2.53. The van der Waals surface area contributed by atoms with E-state index >= 15 is 0 Å². The van der Waals surface area contributed by atoms with Gasteiger partial charge in [0.2, 0.25) is 5.91 Å². The minimum absolute atomic E-state index is 0.0683. The van der Waals surface area contributed by atoms with Gasteiger partial charge in [0, 0.05) is 11.4 Å². The standard InChI is InChI=1S/C14H21ClN2OS/c1-5-9-17(10-11-7-8-12(15)19-11)13(18)14(3,4)16-6-2/h5,7-8,16H,1,6,9-10H2,2-4H3. The highest BCUT2D eigenvalue weighted by molar-refractivity contribution is 7.16. The van der Waals surface area contributed by atoms with E-state index in [2.05, 4.69) is 11.9 Å². The van der Waals surface area contributed by atoms with E-state index in [-0.39, 0.29) is 5.91 Å². The van der Waals surface area contributed by atoms with E-state index in [4.69, 9.17) is 11.6 Å². The normalized spacial score (nSPS) is 11.4. The third kappa shape index (κ3) is 4.64. The van der Waals surface area contributed by atoms with E-state index in [0.717, 1.165) is 15.8 Å². The van der Waals surface area contributed by atoms with Crippen LogP contribution in [0.3, 0.4) is 0 Å². The fourth-order valence-electron chi connectivity index (χ4n) is 1.91. The van der Waals surface area contributed by atoms with Crippen LogP contribution in [0.25, 0.3) is 0 Å². The fraction of sp³-hybridized carbons (Fsp3) is 0.500. The van der Waals surface area contributed by atoms with Crippen LogP contribution in [0.2, 0.25) is 4.34 Å². The van der Waals surface area contributed by atoms with Gasteiger partial charge >= 0.3 is 0 Å². The van der Waals surface area contributed by atoms with Crippen LogP contribution >= 0.6 is 22.9 Å². The van der Waals surface area contributed by atoms with Crippen molar-refractivity contribution in [1.82, 2.24) is 10.2 Å². The molecule has 0 spiro atoms. The van der Waals surface area contributed by atoms with Crippen molar-refractivity contribution in [3.8, 4) is 0 Å². The molecule has 106 valence electrons. The maximum atomic E-state index is 12.5. The van der Waals surface area contributed by atoms with Gasteiger partial charge in [-0.05, 0) is 32.5 Å². The summed E-state index contributed by atoms with van der Waals surface area (Å²) in [6.07, 6.45) is 1.75. The van der Waals surface area contributed by atoms with Gasteiger partial charge in [0.25, 0.3) is 0 Å². The lowest BCUT2D eigenvalue weighted by molar-refractivity contribution is -0.137. The monoisotopic (exact) mass is 300 g/mol. The minimum Gasteiger partial charge on any atom is -0.332 e. The molecule has 0 aromatic carbocycles. The summed E-state index contributed by atoms with van der Waals surface area (Å²) in [6.45, 7) is 11.4. The Morgan fingerprint density at radius 3 is 2.74 bits per heavy atom. The number of rotatable bonds is 7. The number of hydrogen-bond acceptors (Lipinski definition) is 3. The van der Waals surface area contributed by atoms with Gasteiger partial charge in [-0.2, -0.15) is 0 Å². The second-order valence-electron chi connectivity index (χ2n) is 4.84. The molecule has 19 heavy (non-hydrogen) atoms. The molecule has 0 atom stereocenters. The first-order valence-corrected chi connectivity index (χ1v) is 7.49. The summed E-state index contributed by atoms with van der Waals surface area (Å²) in [5.41, 5.74) is -0.571. The van der Waals surface area contributed by atoms with Crippen molar-refractivity contribution in [3.05, 3.63) is 34.0 Å². The van der Waals surface area contributed by atoms with Gasteiger partial charge in [-0.3, -0.25) is 4.79 Å². The van der Waals surface area contributed by atoms with Crippen LogP contribution < -0.4 is 5.32 Å². The maximum absolute atomic E-state index is 12.5. The predicted octanol–water partition coefficient (Wildman–Crippen LogP) is 3.30. The number of amides is 1. The van der Waals surface area contributed by atoms with Gasteiger partial charge in [0.05, 0.1) is 16.4 Å². The molecule has 1 heterocycles. The van der Waals surface area contributed by atoms with E-state index in [0.29, 0.717) is 13.1 Å². The van der Waals surface area contributed by atoms with Gasteiger partial charge in [-0.25, -0.2) is 0 Å². The molecule has 0 fully saturated rings. The number of nitrogens with one attached hydrogen (secondary N) is 1. The first-order chi connectivity index (χ1) is 8.90. The van der Waals surface area contributed by atoms with Gasteiger partial charge in [-0.1, -0.05) is 24.6 Å². The van der Waals surface area contributed by atoms with Crippen LogP contribution in [0.15, 0.2) is 24.8 Å². The number of nitrogens with zero attached hydrogens (tertiary/aromatic N) is 1. The zero-order valence-corrected chi connectivity index (χ0v) is 13.3. The van der Waals surface area contributed by atoms with Crippen LogP contribution in [0.5, 0.6) is 0 Å². The molecular formula is C14H21ClN2OS. The number of carbonyl (C=O) groups is 1. The van der Waals surface area contributed by atoms with Crippen LogP contribution in [0.4, 0.5) is 0 Å². The Balaban J connectivity index is 2.82. The van der Waals surface area contributed by atoms with Crippen molar-refractivity contribution >= 4 is 28.8 Å². The van der Waals surface area contributed by atoms with Crippen LogP contribution in [-0.4, -0.2) is 29.4 Å². The number of halogens is 1. The van der Waals surface area contributed by atoms with Crippen LogP contribution in [-0.2, 0) is 11.3 Å². The Morgan fingerprint density at radius 1 is 1.58 bits per heavy atom. The van der Waals surface area contributed by atoms with Crippen LogP contribution in [0, 0.1) is 0 Å². The highest BCUT2D eigenvalue weighted by Gasteiger charge is 2.30. The first-order valence-electron chi connectivity index (χ1n) is 6.30. The average molecular weight is 301 g/mol. The van der Waals surface area contributed by atoms with Gasteiger partial charge in [0.1, 0.15) is 0 Å². The Labute approximate surface area is 124 Å². The van der Waals surface area contributed by atoms with Gasteiger partial charge < -0.3 is 10.2 Å². The topological polar surface area (TPSA) is 32.3 Å². The van der Waals surface area contributed by atoms with Crippen molar-refractivity contribution in [2.75, 3.05) is 13.1 Å². The van der Waals surface area contributed by atoms with Gasteiger partial charge in [0.15, 0.2) is 0 Å². The summed E-state index contributed by atoms with van der Waals surface area (Å²) < 4.78 is 0.743. The lowest BCUT2D eigenvalue weighted by Gasteiger charge is -2.31. The molecule has 0 aliphatic heterocycles. The second kappa shape index (κ2) is 7.08. The number of thiophene rings is 1. The third-order valence-corrected chi connectivity index (χ3v) is 3.98. The van der Waals surface area contributed by atoms with Crippen molar-refractivity contribution in [1.29, 1.82) is 0 Å². The Morgan fingerprint density at radius 2 is 2.26 bits per heavy atom. The Bertz CT molecular complexity index is 442. The van der Waals surface area contributed by atoms with Gasteiger partial charge in [-0.15, -0.1) is 17.9 Å². The molecule has 1 aromatic rings. The average Bonchev–Trinajstić information content (AvgIpc) is 2.73. The molecule has 1 N–H and O–H groups in total. The second-order valence-corrected chi connectivity index (χ2v) is 6.64. The van der Waals surface area contributed by atoms with E-state index in [1.54, 1.807) is 11.0 Å². The van der Waals surface area contributed by atoms with Crippen molar-refractivity contribution in [2.24, 2.45) is 0 Å². The molecule has 0 saturated heterocycles. The number of hydrogen-bond donors (Lipinski definition) is 1. The molecule has 0 unspecified atom stereocenters. The summed E-state index contributed by atoms with van der Waals surface area (Å²) in [4.78, 5) is 15.4. The summed E-state index contributed by atoms with van der Waals surface area (Å²) in [7, 11) is 0.